The molecule has 7 heteroatoms. The zero-order chi connectivity index (χ0) is 14.9. The topological polar surface area (TPSA) is 96.6 Å². The molecule has 0 aromatic heterocycles. The van der Waals surface area contributed by atoms with Gasteiger partial charge < -0.3 is 26.2 Å². The summed E-state index contributed by atoms with van der Waals surface area (Å²) in [5, 5.41) is 15.9. The second kappa shape index (κ2) is 5.38. The van der Waals surface area contributed by atoms with Crippen molar-refractivity contribution in [2.75, 3.05) is 7.11 Å². The number of nitrogens with two attached hydrogens (primary N) is 1. The van der Waals surface area contributed by atoms with Gasteiger partial charge in [0.25, 0.3) is 0 Å². The molecule has 1 amide bonds. The highest BCUT2D eigenvalue weighted by Crippen LogP contribution is 2.33. The van der Waals surface area contributed by atoms with Crippen LogP contribution in [0.3, 0.4) is 0 Å². The number of aromatic hydroxyl groups is 1. The van der Waals surface area contributed by atoms with Crippen LogP contribution in [0.25, 0.3) is 0 Å². The van der Waals surface area contributed by atoms with Gasteiger partial charge in [0, 0.05) is 5.70 Å². The third kappa shape index (κ3) is 2.53. The van der Waals surface area contributed by atoms with Crippen molar-refractivity contribution in [3.05, 3.63) is 35.0 Å². The number of allylic oxidation sites excluding steroid dienone is 1. The Morgan fingerprint density at radius 3 is 2.80 bits per heavy atom. The van der Waals surface area contributed by atoms with Crippen molar-refractivity contribution in [3.8, 4) is 11.5 Å². The number of rotatable bonds is 3. The minimum Gasteiger partial charge on any atom is -0.504 e. The molecule has 106 valence electrons. The fraction of sp³-hybridized carbons (Fsp3) is 0.231. The number of nitrogens with one attached hydrogen (secondary N) is 2. The van der Waals surface area contributed by atoms with E-state index in [4.69, 9.17) is 22.7 Å². The molecule has 0 fully saturated rings. The molecule has 1 aromatic rings. The number of carbonyl (C=O) groups excluding carboxylic acids is 1. The van der Waals surface area contributed by atoms with Crippen molar-refractivity contribution < 1.29 is 14.6 Å². The van der Waals surface area contributed by atoms with E-state index >= 15 is 0 Å². The van der Waals surface area contributed by atoms with Crippen LogP contribution >= 0.6 is 12.2 Å². The molecule has 0 spiro atoms. The first-order chi connectivity index (χ1) is 9.43. The molecule has 1 aliphatic rings. The Kier molecular flexibility index (Phi) is 3.80. The lowest BCUT2D eigenvalue weighted by molar-refractivity contribution is -0.115. The van der Waals surface area contributed by atoms with Crippen LogP contribution in [0.2, 0.25) is 0 Å². The number of benzene rings is 1. The molecule has 0 radical (unpaired) electrons. The molecule has 5 N–H and O–H groups in total. The number of hydrogen-bond donors (Lipinski definition) is 4. The maximum absolute atomic E-state index is 11.6. The minimum atomic E-state index is -0.540. The van der Waals surface area contributed by atoms with Crippen LogP contribution in [0.15, 0.2) is 29.5 Å². The van der Waals surface area contributed by atoms with Crippen molar-refractivity contribution in [1.29, 1.82) is 0 Å². The van der Waals surface area contributed by atoms with Crippen molar-refractivity contribution >= 4 is 23.2 Å². The number of phenols is 1. The fourth-order valence-electron chi connectivity index (χ4n) is 2.14. The number of phenolic OH excluding ortho intramolecular Hbond substituents is 1. The third-order valence-electron chi connectivity index (χ3n) is 3.07. The Hall–Kier alpha value is -2.28. The van der Waals surface area contributed by atoms with Gasteiger partial charge in [0.15, 0.2) is 16.6 Å². The molecule has 0 saturated heterocycles. The predicted octanol–water partition coefficient (Wildman–Crippen LogP) is 0.679. The normalized spacial score (nSPS) is 18.3. The van der Waals surface area contributed by atoms with Gasteiger partial charge in [-0.2, -0.15) is 0 Å². The highest BCUT2D eigenvalue weighted by Gasteiger charge is 2.28. The SMILES string of the molecule is COc1cc([C@H]2NC(=S)NC(C)=C2C(N)=O)ccc1O. The molecule has 6 nitrogen and oxygen atoms in total. The quantitative estimate of drug-likeness (QED) is 0.612. The predicted molar refractivity (Wildman–Crippen MR) is 78.2 cm³/mol. The average molecular weight is 293 g/mol. The number of amides is 1. The zero-order valence-electron chi connectivity index (χ0n) is 11.1. The molecule has 1 aliphatic heterocycles. The zero-order valence-corrected chi connectivity index (χ0v) is 11.9. The fourth-order valence-corrected chi connectivity index (χ4v) is 2.42. The molecule has 1 atom stereocenters. The van der Waals surface area contributed by atoms with Crippen LogP contribution < -0.4 is 21.1 Å². The van der Waals surface area contributed by atoms with Gasteiger partial charge in [-0.05, 0) is 36.8 Å². The summed E-state index contributed by atoms with van der Waals surface area (Å²) in [6.45, 7) is 1.73. The molecule has 1 aromatic carbocycles. The van der Waals surface area contributed by atoms with E-state index in [9.17, 15) is 9.90 Å². The van der Waals surface area contributed by atoms with Crippen LogP contribution in [0.1, 0.15) is 18.5 Å². The minimum absolute atomic E-state index is 0.0223. The van der Waals surface area contributed by atoms with E-state index < -0.39 is 11.9 Å². The molecule has 20 heavy (non-hydrogen) atoms. The monoisotopic (exact) mass is 293 g/mol. The number of ether oxygens (including phenoxy) is 1. The summed E-state index contributed by atoms with van der Waals surface area (Å²) >= 11 is 5.10. The highest BCUT2D eigenvalue weighted by molar-refractivity contribution is 7.80. The van der Waals surface area contributed by atoms with E-state index in [2.05, 4.69) is 10.6 Å². The van der Waals surface area contributed by atoms with E-state index in [0.717, 1.165) is 5.56 Å². The lowest BCUT2D eigenvalue weighted by Crippen LogP contribution is -2.46. The van der Waals surface area contributed by atoms with Crippen molar-refractivity contribution in [2.45, 2.75) is 13.0 Å². The Morgan fingerprint density at radius 2 is 2.20 bits per heavy atom. The van der Waals surface area contributed by atoms with E-state index in [0.29, 0.717) is 22.1 Å². The molecule has 0 aliphatic carbocycles. The van der Waals surface area contributed by atoms with Crippen LogP contribution in [0, 0.1) is 0 Å². The van der Waals surface area contributed by atoms with Gasteiger partial charge in [0.2, 0.25) is 5.91 Å². The van der Waals surface area contributed by atoms with Crippen molar-refractivity contribution in [3.63, 3.8) is 0 Å². The first kappa shape index (κ1) is 14.1. The summed E-state index contributed by atoms with van der Waals surface area (Å²) in [7, 11) is 1.45. The Labute approximate surface area is 121 Å². The maximum Gasteiger partial charge on any atom is 0.248 e. The Morgan fingerprint density at radius 1 is 1.50 bits per heavy atom. The maximum atomic E-state index is 11.6. The lowest BCUT2D eigenvalue weighted by atomic mass is 9.95. The third-order valence-corrected chi connectivity index (χ3v) is 3.29. The van der Waals surface area contributed by atoms with Gasteiger partial charge in [-0.25, -0.2) is 0 Å². The molecule has 1 heterocycles. The average Bonchev–Trinajstić information content (AvgIpc) is 2.37. The second-order valence-electron chi connectivity index (χ2n) is 4.37. The van der Waals surface area contributed by atoms with E-state index in [1.807, 2.05) is 0 Å². The van der Waals surface area contributed by atoms with E-state index in [1.54, 1.807) is 19.1 Å². The van der Waals surface area contributed by atoms with E-state index in [1.165, 1.54) is 13.2 Å². The van der Waals surface area contributed by atoms with Gasteiger partial charge >= 0.3 is 0 Å². The first-order valence-corrected chi connectivity index (χ1v) is 6.30. The number of hydrogen-bond acceptors (Lipinski definition) is 4. The number of methoxy groups -OCH3 is 1. The van der Waals surface area contributed by atoms with Gasteiger partial charge in [0.05, 0.1) is 18.7 Å². The van der Waals surface area contributed by atoms with Crippen molar-refractivity contribution in [1.82, 2.24) is 10.6 Å². The molecular formula is C13H15N3O3S. The van der Waals surface area contributed by atoms with Gasteiger partial charge in [-0.15, -0.1) is 0 Å². The summed E-state index contributed by atoms with van der Waals surface area (Å²) in [4.78, 5) is 11.6. The number of primary amides is 1. The molecule has 0 unspecified atom stereocenters. The van der Waals surface area contributed by atoms with E-state index in [-0.39, 0.29) is 5.75 Å². The lowest BCUT2D eigenvalue weighted by Gasteiger charge is -2.29. The standard InChI is InChI=1S/C13H15N3O3S/c1-6-10(12(14)18)11(16-13(20)15-6)7-3-4-8(17)9(5-7)19-2/h3-5,11,17H,1-2H3,(H2,14,18)(H2,15,16,20)/t11-/m1/s1. The number of carbonyl (C=O) groups is 1. The number of thiocarbonyl (C=S) groups is 1. The van der Waals surface area contributed by atoms with Crippen LogP contribution in [0.5, 0.6) is 11.5 Å². The molecular weight excluding hydrogens is 278 g/mol. The van der Waals surface area contributed by atoms with Gasteiger partial charge in [0.1, 0.15) is 0 Å². The van der Waals surface area contributed by atoms with Crippen LogP contribution in [0.4, 0.5) is 0 Å². The summed E-state index contributed by atoms with van der Waals surface area (Å²) < 4.78 is 5.07. The second-order valence-corrected chi connectivity index (χ2v) is 4.77. The summed E-state index contributed by atoms with van der Waals surface area (Å²) in [6, 6.07) is 4.34. The Balaban J connectivity index is 2.51. The molecule has 0 saturated carbocycles. The summed E-state index contributed by atoms with van der Waals surface area (Å²) in [5.74, 6) is -0.202. The first-order valence-electron chi connectivity index (χ1n) is 5.89. The van der Waals surface area contributed by atoms with Gasteiger partial charge in [-0.3, -0.25) is 4.79 Å². The van der Waals surface area contributed by atoms with Gasteiger partial charge in [-0.1, -0.05) is 6.07 Å². The highest BCUT2D eigenvalue weighted by atomic mass is 32.1. The summed E-state index contributed by atoms with van der Waals surface area (Å²) in [6.07, 6.45) is 0. The molecule has 0 bridgehead atoms. The molecule has 2 rings (SSSR count). The van der Waals surface area contributed by atoms with Crippen molar-refractivity contribution in [2.24, 2.45) is 5.73 Å². The smallest absolute Gasteiger partial charge is 0.248 e. The van der Waals surface area contributed by atoms with Crippen LogP contribution in [-0.4, -0.2) is 23.2 Å². The van der Waals surface area contributed by atoms with Crippen LogP contribution in [-0.2, 0) is 4.79 Å². The summed E-state index contributed by atoms with van der Waals surface area (Å²) in [5.41, 5.74) is 7.15. The Bertz CT molecular complexity index is 613. The largest absolute Gasteiger partial charge is 0.504 e.